The smallest absolute Gasteiger partial charge is 0.222 e. The quantitative estimate of drug-likeness (QED) is 0.732. The molecular weight excluding hydrogens is 300 g/mol. The van der Waals surface area contributed by atoms with Gasteiger partial charge in [-0.2, -0.15) is 0 Å². The summed E-state index contributed by atoms with van der Waals surface area (Å²) in [5.41, 5.74) is 1.15. The number of rotatable bonds is 8. The van der Waals surface area contributed by atoms with Crippen molar-refractivity contribution in [3.63, 3.8) is 0 Å². The fourth-order valence-corrected chi connectivity index (χ4v) is 3.41. The van der Waals surface area contributed by atoms with Crippen LogP contribution in [0.5, 0.6) is 5.75 Å². The van der Waals surface area contributed by atoms with Gasteiger partial charge in [-0.05, 0) is 44.0 Å². The molecule has 0 radical (unpaired) electrons. The van der Waals surface area contributed by atoms with Crippen LogP contribution >= 0.6 is 0 Å². The second-order valence-corrected chi connectivity index (χ2v) is 6.94. The molecular formula is C20H32N2O2. The van der Waals surface area contributed by atoms with E-state index >= 15 is 0 Å². The third kappa shape index (κ3) is 5.82. The Morgan fingerprint density at radius 1 is 1.17 bits per heavy atom. The number of hydrogen-bond donors (Lipinski definition) is 0. The molecule has 2 rings (SSSR count). The maximum atomic E-state index is 12.3. The summed E-state index contributed by atoms with van der Waals surface area (Å²) in [6.45, 7) is 1.77. The second kappa shape index (κ2) is 9.67. The Morgan fingerprint density at radius 2 is 1.92 bits per heavy atom. The van der Waals surface area contributed by atoms with Crippen molar-refractivity contribution in [2.24, 2.45) is 0 Å². The van der Waals surface area contributed by atoms with Crippen LogP contribution in [0.4, 0.5) is 0 Å². The number of ether oxygens (including phenoxy) is 1. The molecule has 1 aliphatic carbocycles. The van der Waals surface area contributed by atoms with Crippen molar-refractivity contribution in [3.8, 4) is 5.75 Å². The van der Waals surface area contributed by atoms with E-state index < -0.39 is 0 Å². The highest BCUT2D eigenvalue weighted by Gasteiger charge is 2.18. The molecule has 0 bridgehead atoms. The predicted octanol–water partition coefficient (Wildman–Crippen LogP) is 3.35. The van der Waals surface area contributed by atoms with Gasteiger partial charge in [0.15, 0.2) is 0 Å². The molecule has 1 aromatic carbocycles. The van der Waals surface area contributed by atoms with Gasteiger partial charge in [-0.1, -0.05) is 31.4 Å². The van der Waals surface area contributed by atoms with Crippen LogP contribution in [0, 0.1) is 0 Å². The summed E-state index contributed by atoms with van der Waals surface area (Å²) in [7, 11) is 5.79. The monoisotopic (exact) mass is 332 g/mol. The first-order chi connectivity index (χ1) is 11.6. The average molecular weight is 332 g/mol. The van der Waals surface area contributed by atoms with Crippen LogP contribution in [0.15, 0.2) is 24.3 Å². The van der Waals surface area contributed by atoms with Crippen LogP contribution in [0.3, 0.4) is 0 Å². The minimum Gasteiger partial charge on any atom is -0.497 e. The lowest BCUT2D eigenvalue weighted by atomic mass is 9.94. The molecule has 1 saturated carbocycles. The van der Waals surface area contributed by atoms with Crippen molar-refractivity contribution in [1.82, 2.24) is 9.80 Å². The highest BCUT2D eigenvalue weighted by molar-refractivity contribution is 5.76. The third-order valence-corrected chi connectivity index (χ3v) is 5.17. The van der Waals surface area contributed by atoms with Gasteiger partial charge in [-0.15, -0.1) is 0 Å². The Morgan fingerprint density at radius 3 is 2.62 bits per heavy atom. The SMILES string of the molecule is COc1cccc(CCC(=O)N(C)CCN(C)C2CCCCC2)c1. The average Bonchev–Trinajstić information content (AvgIpc) is 2.64. The Balaban J connectivity index is 1.71. The van der Waals surface area contributed by atoms with Gasteiger partial charge in [0.05, 0.1) is 7.11 Å². The fourth-order valence-electron chi connectivity index (χ4n) is 3.41. The van der Waals surface area contributed by atoms with Crippen LogP contribution in [0.25, 0.3) is 0 Å². The highest BCUT2D eigenvalue weighted by Crippen LogP contribution is 2.21. The predicted molar refractivity (Wildman–Crippen MR) is 98.5 cm³/mol. The van der Waals surface area contributed by atoms with Crippen molar-refractivity contribution < 1.29 is 9.53 Å². The maximum Gasteiger partial charge on any atom is 0.222 e. The molecule has 134 valence electrons. The minimum atomic E-state index is 0.217. The van der Waals surface area contributed by atoms with Crippen molar-refractivity contribution in [2.75, 3.05) is 34.3 Å². The van der Waals surface area contributed by atoms with Gasteiger partial charge in [0.25, 0.3) is 0 Å². The standard InChI is InChI=1S/C20H32N2O2/c1-21(18-9-5-4-6-10-18)14-15-22(2)20(23)13-12-17-8-7-11-19(16-17)24-3/h7-8,11,16,18H,4-6,9-10,12-15H2,1-3H3. The van der Waals surface area contributed by atoms with E-state index in [-0.39, 0.29) is 5.91 Å². The van der Waals surface area contributed by atoms with Crippen molar-refractivity contribution >= 4 is 5.91 Å². The molecule has 1 fully saturated rings. The van der Waals surface area contributed by atoms with Crippen LogP contribution < -0.4 is 4.74 Å². The van der Waals surface area contributed by atoms with E-state index in [0.29, 0.717) is 12.5 Å². The van der Waals surface area contributed by atoms with Gasteiger partial charge in [0.2, 0.25) is 5.91 Å². The van der Waals surface area contributed by atoms with Crippen LogP contribution in [-0.4, -0.2) is 56.0 Å². The molecule has 0 atom stereocenters. The van der Waals surface area contributed by atoms with Gasteiger partial charge in [0.1, 0.15) is 5.75 Å². The first kappa shape index (κ1) is 18.8. The molecule has 0 aromatic heterocycles. The van der Waals surface area contributed by atoms with Crippen molar-refractivity contribution in [1.29, 1.82) is 0 Å². The maximum absolute atomic E-state index is 12.3. The Labute approximate surface area is 146 Å². The number of hydrogen-bond acceptors (Lipinski definition) is 3. The topological polar surface area (TPSA) is 32.8 Å². The largest absolute Gasteiger partial charge is 0.497 e. The second-order valence-electron chi connectivity index (χ2n) is 6.94. The van der Waals surface area contributed by atoms with Crippen molar-refractivity contribution in [2.45, 2.75) is 51.0 Å². The number of nitrogens with zero attached hydrogens (tertiary/aromatic N) is 2. The van der Waals surface area contributed by atoms with Crippen LogP contribution in [-0.2, 0) is 11.2 Å². The zero-order chi connectivity index (χ0) is 17.4. The van der Waals surface area contributed by atoms with E-state index in [1.54, 1.807) is 7.11 Å². The molecule has 0 spiro atoms. The molecule has 1 amide bonds. The molecule has 0 saturated heterocycles. The Bertz CT molecular complexity index is 512. The van der Waals surface area contributed by atoms with E-state index in [1.807, 2.05) is 36.2 Å². The number of benzene rings is 1. The summed E-state index contributed by atoms with van der Waals surface area (Å²) in [6.07, 6.45) is 8.02. The number of carbonyl (C=O) groups excluding carboxylic acids is 1. The van der Waals surface area contributed by atoms with E-state index in [4.69, 9.17) is 4.74 Å². The zero-order valence-corrected chi connectivity index (χ0v) is 15.5. The Kier molecular flexibility index (Phi) is 7.57. The molecule has 0 heterocycles. The normalized spacial score (nSPS) is 15.5. The summed E-state index contributed by atoms with van der Waals surface area (Å²) in [5.74, 6) is 1.07. The van der Waals surface area contributed by atoms with Gasteiger partial charge < -0.3 is 14.5 Å². The number of carbonyl (C=O) groups is 1. The molecule has 4 heteroatoms. The molecule has 0 N–H and O–H groups in total. The summed E-state index contributed by atoms with van der Waals surface area (Å²) in [6, 6.07) is 8.66. The first-order valence-corrected chi connectivity index (χ1v) is 9.17. The van der Waals surface area contributed by atoms with Crippen molar-refractivity contribution in [3.05, 3.63) is 29.8 Å². The van der Waals surface area contributed by atoms with E-state index in [1.165, 1.54) is 32.1 Å². The number of amides is 1. The first-order valence-electron chi connectivity index (χ1n) is 9.17. The lowest BCUT2D eigenvalue weighted by Crippen LogP contribution is -2.40. The summed E-state index contributed by atoms with van der Waals surface area (Å²) >= 11 is 0. The number of likely N-dealkylation sites (N-methyl/N-ethyl adjacent to an activating group) is 2. The van der Waals surface area contributed by atoms with Gasteiger partial charge in [-0.25, -0.2) is 0 Å². The number of aryl methyl sites for hydroxylation is 1. The lowest BCUT2D eigenvalue weighted by Gasteiger charge is -2.32. The summed E-state index contributed by atoms with van der Waals surface area (Å²) in [5, 5.41) is 0. The van der Waals surface area contributed by atoms with Gasteiger partial charge in [-0.3, -0.25) is 4.79 Å². The van der Waals surface area contributed by atoms with Gasteiger partial charge in [0, 0.05) is 32.6 Å². The molecule has 0 aliphatic heterocycles. The number of methoxy groups -OCH3 is 1. The highest BCUT2D eigenvalue weighted by atomic mass is 16.5. The summed E-state index contributed by atoms with van der Waals surface area (Å²) < 4.78 is 5.23. The van der Waals surface area contributed by atoms with Crippen LogP contribution in [0.2, 0.25) is 0 Å². The van der Waals surface area contributed by atoms with E-state index in [0.717, 1.165) is 30.8 Å². The Hall–Kier alpha value is -1.55. The molecule has 4 nitrogen and oxygen atoms in total. The zero-order valence-electron chi connectivity index (χ0n) is 15.5. The molecule has 1 aromatic rings. The van der Waals surface area contributed by atoms with Crippen LogP contribution in [0.1, 0.15) is 44.1 Å². The molecule has 24 heavy (non-hydrogen) atoms. The van der Waals surface area contributed by atoms with E-state index in [9.17, 15) is 4.79 Å². The third-order valence-electron chi connectivity index (χ3n) is 5.17. The molecule has 1 aliphatic rings. The minimum absolute atomic E-state index is 0.217. The summed E-state index contributed by atoms with van der Waals surface area (Å²) in [4.78, 5) is 16.6. The van der Waals surface area contributed by atoms with E-state index in [2.05, 4.69) is 11.9 Å². The molecule has 0 unspecified atom stereocenters. The van der Waals surface area contributed by atoms with Gasteiger partial charge >= 0.3 is 0 Å². The lowest BCUT2D eigenvalue weighted by molar-refractivity contribution is -0.130. The fraction of sp³-hybridized carbons (Fsp3) is 0.650.